The molecule has 4 aromatic carbocycles. The van der Waals surface area contributed by atoms with Gasteiger partial charge in [-0.25, -0.2) is 16.8 Å². The van der Waals surface area contributed by atoms with Gasteiger partial charge in [-0.2, -0.15) is 8.61 Å². The maximum atomic E-state index is 13.9. The summed E-state index contributed by atoms with van der Waals surface area (Å²) in [7, 11) is -7.57. The highest BCUT2D eigenvalue weighted by atomic mass is 32.2. The highest BCUT2D eigenvalue weighted by Crippen LogP contribution is 2.34. The average molecular weight is 603 g/mol. The van der Waals surface area contributed by atoms with Crippen LogP contribution in [0.25, 0.3) is 10.8 Å². The number of piperidine rings is 2. The van der Waals surface area contributed by atoms with E-state index in [2.05, 4.69) is 24.3 Å². The van der Waals surface area contributed by atoms with E-state index in [-0.39, 0.29) is 9.79 Å². The summed E-state index contributed by atoms with van der Waals surface area (Å²) in [5.41, 5.74) is 2.56. The number of hydrogen-bond acceptors (Lipinski definition) is 4. The second kappa shape index (κ2) is 12.3. The van der Waals surface area contributed by atoms with Gasteiger partial charge in [-0.05, 0) is 73.6 Å². The Hall–Kier alpha value is -3.04. The molecule has 2 aliphatic rings. The van der Waals surface area contributed by atoms with Crippen LogP contribution in [0, 0.1) is 11.8 Å². The molecule has 2 fully saturated rings. The minimum atomic E-state index is -3.78. The molecule has 6 rings (SSSR count). The van der Waals surface area contributed by atoms with Crippen LogP contribution in [0.15, 0.2) is 107 Å². The lowest BCUT2D eigenvalue weighted by Gasteiger charge is -2.32. The summed E-state index contributed by atoms with van der Waals surface area (Å²) in [6.45, 7) is 1.86. The lowest BCUT2D eigenvalue weighted by Crippen LogP contribution is -2.39. The standard InChI is InChI=1S/C34H38N2O4S2/c37-41(38,35-21-17-29(18-22-35)25-27-9-3-1-4-10-27)33-15-7-14-32-31(33)13-8-16-34(32)42(39,40)36-23-19-30(20-24-36)26-28-11-5-2-6-12-28/h1-16,29-30H,17-26H2. The maximum absolute atomic E-state index is 13.9. The summed E-state index contributed by atoms with van der Waals surface area (Å²) in [4.78, 5) is 0.361. The van der Waals surface area contributed by atoms with Crippen molar-refractivity contribution in [3.8, 4) is 0 Å². The first kappa shape index (κ1) is 29.1. The van der Waals surface area contributed by atoms with E-state index in [0.29, 0.717) is 48.8 Å². The van der Waals surface area contributed by atoms with Crippen molar-refractivity contribution < 1.29 is 16.8 Å². The molecule has 4 aromatic rings. The zero-order valence-electron chi connectivity index (χ0n) is 23.8. The highest BCUT2D eigenvalue weighted by molar-refractivity contribution is 7.89. The van der Waals surface area contributed by atoms with Crippen LogP contribution in [-0.4, -0.2) is 51.6 Å². The Morgan fingerprint density at radius 1 is 0.476 bits per heavy atom. The Labute approximate surface area is 250 Å². The Morgan fingerprint density at radius 3 is 1.19 bits per heavy atom. The molecule has 0 aliphatic carbocycles. The number of sulfonamides is 2. The Balaban J connectivity index is 1.19. The number of benzene rings is 4. The summed E-state index contributed by atoms with van der Waals surface area (Å²) >= 11 is 0. The van der Waals surface area contributed by atoms with Crippen molar-refractivity contribution in [1.29, 1.82) is 0 Å². The van der Waals surface area contributed by atoms with Gasteiger partial charge in [0.2, 0.25) is 20.0 Å². The molecule has 0 atom stereocenters. The molecule has 0 unspecified atom stereocenters. The molecule has 0 bridgehead atoms. The fraction of sp³-hybridized carbons (Fsp3) is 0.353. The zero-order valence-corrected chi connectivity index (χ0v) is 25.4. The van der Waals surface area contributed by atoms with E-state index >= 15 is 0 Å². The molecule has 220 valence electrons. The Bertz CT molecular complexity index is 1600. The van der Waals surface area contributed by atoms with Gasteiger partial charge < -0.3 is 0 Å². The third kappa shape index (κ3) is 6.04. The van der Waals surface area contributed by atoms with Gasteiger partial charge in [0.15, 0.2) is 0 Å². The van der Waals surface area contributed by atoms with E-state index < -0.39 is 20.0 Å². The van der Waals surface area contributed by atoms with Crippen LogP contribution in [0.5, 0.6) is 0 Å². The largest absolute Gasteiger partial charge is 0.243 e. The molecule has 8 heteroatoms. The Morgan fingerprint density at radius 2 is 0.833 bits per heavy atom. The fourth-order valence-electron chi connectivity index (χ4n) is 6.58. The lowest BCUT2D eigenvalue weighted by atomic mass is 9.91. The van der Waals surface area contributed by atoms with Crippen LogP contribution in [-0.2, 0) is 32.9 Å². The molecule has 6 nitrogen and oxygen atoms in total. The SMILES string of the molecule is O=S(=O)(c1cccc2c(S(=O)(=O)N3CCC(Cc4ccccc4)CC3)cccc12)N1CCC(Cc2ccccc2)CC1. The summed E-state index contributed by atoms with van der Waals surface area (Å²) < 4.78 is 58.7. The van der Waals surface area contributed by atoms with Crippen molar-refractivity contribution >= 4 is 30.8 Å². The predicted octanol–water partition coefficient (Wildman–Crippen LogP) is 6.13. The van der Waals surface area contributed by atoms with Crippen molar-refractivity contribution in [3.63, 3.8) is 0 Å². The minimum Gasteiger partial charge on any atom is -0.207 e. The van der Waals surface area contributed by atoms with E-state index in [1.54, 1.807) is 45.0 Å². The normalized spacial score (nSPS) is 18.4. The van der Waals surface area contributed by atoms with E-state index in [0.717, 1.165) is 38.5 Å². The van der Waals surface area contributed by atoms with Crippen molar-refractivity contribution in [2.75, 3.05) is 26.2 Å². The summed E-state index contributed by atoms with van der Waals surface area (Å²) in [6.07, 6.45) is 5.12. The minimum absolute atomic E-state index is 0.181. The smallest absolute Gasteiger partial charge is 0.207 e. The number of nitrogens with zero attached hydrogens (tertiary/aromatic N) is 2. The molecule has 2 aliphatic heterocycles. The van der Waals surface area contributed by atoms with E-state index in [1.807, 2.05) is 36.4 Å². The third-order valence-electron chi connectivity index (χ3n) is 8.96. The Kier molecular flexibility index (Phi) is 8.50. The molecular formula is C34H38N2O4S2. The first-order valence-corrected chi connectivity index (χ1v) is 17.8. The highest BCUT2D eigenvalue weighted by Gasteiger charge is 2.33. The van der Waals surface area contributed by atoms with Crippen LogP contribution in [0.1, 0.15) is 36.8 Å². The third-order valence-corrected chi connectivity index (χ3v) is 12.9. The molecule has 0 amide bonds. The van der Waals surface area contributed by atoms with Crippen LogP contribution in [0.2, 0.25) is 0 Å². The van der Waals surface area contributed by atoms with E-state index in [1.165, 1.54) is 11.1 Å². The first-order valence-electron chi connectivity index (χ1n) is 14.9. The van der Waals surface area contributed by atoms with Crippen LogP contribution in [0.3, 0.4) is 0 Å². The van der Waals surface area contributed by atoms with Gasteiger partial charge in [0, 0.05) is 37.0 Å². The fourth-order valence-corrected chi connectivity index (χ4v) is 9.94. The van der Waals surface area contributed by atoms with Gasteiger partial charge >= 0.3 is 0 Å². The van der Waals surface area contributed by atoms with Crippen LogP contribution in [0.4, 0.5) is 0 Å². The summed E-state index contributed by atoms with van der Waals surface area (Å²) in [6, 6.07) is 30.7. The topological polar surface area (TPSA) is 74.8 Å². The molecule has 2 saturated heterocycles. The van der Waals surface area contributed by atoms with Gasteiger partial charge in [-0.1, -0.05) is 84.9 Å². The number of hydrogen-bond donors (Lipinski definition) is 0. The summed E-state index contributed by atoms with van der Waals surface area (Å²) in [5.74, 6) is 0.889. The van der Waals surface area contributed by atoms with E-state index in [9.17, 15) is 16.8 Å². The maximum Gasteiger partial charge on any atom is 0.243 e. The number of fused-ring (bicyclic) bond motifs is 1. The van der Waals surface area contributed by atoms with Crippen LogP contribution >= 0.6 is 0 Å². The number of rotatable bonds is 8. The quantitative estimate of drug-likeness (QED) is 0.243. The van der Waals surface area contributed by atoms with Gasteiger partial charge in [-0.3, -0.25) is 0 Å². The molecule has 0 spiro atoms. The molecule has 0 N–H and O–H groups in total. The van der Waals surface area contributed by atoms with Gasteiger partial charge in [0.25, 0.3) is 0 Å². The molecular weight excluding hydrogens is 565 g/mol. The lowest BCUT2D eigenvalue weighted by molar-refractivity contribution is 0.272. The monoisotopic (exact) mass is 602 g/mol. The molecule has 0 aromatic heterocycles. The van der Waals surface area contributed by atoms with Gasteiger partial charge in [-0.15, -0.1) is 0 Å². The van der Waals surface area contributed by atoms with Crippen molar-refractivity contribution in [2.45, 2.75) is 48.3 Å². The van der Waals surface area contributed by atoms with Crippen molar-refractivity contribution in [3.05, 3.63) is 108 Å². The molecule has 0 saturated carbocycles. The van der Waals surface area contributed by atoms with Crippen LogP contribution < -0.4 is 0 Å². The second-order valence-corrected chi connectivity index (χ2v) is 15.5. The first-order chi connectivity index (χ1) is 20.3. The molecule has 2 heterocycles. The van der Waals surface area contributed by atoms with E-state index in [4.69, 9.17) is 0 Å². The zero-order chi connectivity index (χ0) is 29.2. The van der Waals surface area contributed by atoms with Gasteiger partial charge in [0.1, 0.15) is 0 Å². The summed E-state index contributed by atoms with van der Waals surface area (Å²) in [5, 5.41) is 0.924. The van der Waals surface area contributed by atoms with Crippen molar-refractivity contribution in [2.24, 2.45) is 11.8 Å². The molecule has 42 heavy (non-hydrogen) atoms. The average Bonchev–Trinajstić information content (AvgIpc) is 3.02. The second-order valence-electron chi connectivity index (χ2n) is 11.7. The van der Waals surface area contributed by atoms with Gasteiger partial charge in [0.05, 0.1) is 9.79 Å². The van der Waals surface area contributed by atoms with Crippen molar-refractivity contribution in [1.82, 2.24) is 8.61 Å². The molecule has 0 radical (unpaired) electrons. The predicted molar refractivity (Wildman–Crippen MR) is 167 cm³/mol.